The van der Waals surface area contributed by atoms with E-state index >= 15 is 0 Å². The molecule has 2 amide bonds. The molecule has 1 fully saturated rings. The number of piperazine rings is 1. The number of carbonyl (C=O) groups is 2. The van der Waals surface area contributed by atoms with E-state index in [9.17, 15) is 9.59 Å². The molecule has 1 heterocycles. The van der Waals surface area contributed by atoms with Crippen LogP contribution >= 0.6 is 0 Å². The van der Waals surface area contributed by atoms with Crippen LogP contribution in [0.15, 0.2) is 0 Å². The number of carboxylic acids is 1. The number of aliphatic carboxylic acids is 1. The largest absolute Gasteiger partial charge is 0.481 e. The van der Waals surface area contributed by atoms with Crippen LogP contribution in [0.5, 0.6) is 0 Å². The number of amides is 2. The summed E-state index contributed by atoms with van der Waals surface area (Å²) in [7, 11) is 2.07. The zero-order valence-electron chi connectivity index (χ0n) is 13.6. The number of urea groups is 1. The summed E-state index contributed by atoms with van der Waals surface area (Å²) in [6.07, 6.45) is 2.28. The molecule has 1 rings (SSSR count). The monoisotopic (exact) mass is 299 g/mol. The average molecular weight is 299 g/mol. The molecule has 0 aromatic carbocycles. The first-order valence-corrected chi connectivity index (χ1v) is 7.79. The second kappa shape index (κ2) is 8.22. The molecule has 0 aromatic heterocycles. The Morgan fingerprint density at radius 2 is 1.95 bits per heavy atom. The van der Waals surface area contributed by atoms with Gasteiger partial charge in [0.15, 0.2) is 0 Å². The molecule has 122 valence electrons. The summed E-state index contributed by atoms with van der Waals surface area (Å²) >= 11 is 0. The molecule has 0 aromatic rings. The van der Waals surface area contributed by atoms with Crippen LogP contribution in [-0.2, 0) is 4.79 Å². The van der Waals surface area contributed by atoms with Gasteiger partial charge in [0.1, 0.15) is 0 Å². The third-order valence-corrected chi connectivity index (χ3v) is 4.16. The summed E-state index contributed by atoms with van der Waals surface area (Å²) in [5.41, 5.74) is 0. The molecule has 0 saturated carbocycles. The average Bonchev–Trinajstić information content (AvgIpc) is 2.37. The molecule has 0 spiro atoms. The molecule has 0 bridgehead atoms. The number of nitrogens with zero attached hydrogens (tertiary/aromatic N) is 2. The summed E-state index contributed by atoms with van der Waals surface area (Å²) in [6.45, 7) is 8.32. The second-order valence-electron chi connectivity index (χ2n) is 6.33. The topological polar surface area (TPSA) is 72.9 Å². The highest BCUT2D eigenvalue weighted by Crippen LogP contribution is 2.11. The fraction of sp³-hybridized carbons (Fsp3) is 0.867. The van der Waals surface area contributed by atoms with Gasteiger partial charge in [0, 0.05) is 31.7 Å². The molecular formula is C15H29N3O3. The van der Waals surface area contributed by atoms with Crippen molar-refractivity contribution in [1.82, 2.24) is 15.1 Å². The fourth-order valence-corrected chi connectivity index (χ4v) is 2.66. The first-order chi connectivity index (χ1) is 9.81. The third-order valence-electron chi connectivity index (χ3n) is 4.16. The van der Waals surface area contributed by atoms with E-state index in [0.717, 1.165) is 32.5 Å². The zero-order valence-corrected chi connectivity index (χ0v) is 13.6. The number of carboxylic acid groups (broad SMARTS) is 1. The van der Waals surface area contributed by atoms with Gasteiger partial charge in [-0.2, -0.15) is 0 Å². The van der Waals surface area contributed by atoms with Crippen LogP contribution in [0.2, 0.25) is 0 Å². The van der Waals surface area contributed by atoms with Crippen molar-refractivity contribution in [3.8, 4) is 0 Å². The molecule has 6 nitrogen and oxygen atoms in total. The summed E-state index contributed by atoms with van der Waals surface area (Å²) in [4.78, 5) is 27.1. The predicted molar refractivity (Wildman–Crippen MR) is 82.3 cm³/mol. The molecule has 3 atom stereocenters. The molecule has 1 saturated heterocycles. The van der Waals surface area contributed by atoms with E-state index in [-0.39, 0.29) is 24.0 Å². The number of hydrogen-bond acceptors (Lipinski definition) is 3. The second-order valence-corrected chi connectivity index (χ2v) is 6.33. The molecule has 0 radical (unpaired) electrons. The van der Waals surface area contributed by atoms with Crippen molar-refractivity contribution >= 4 is 12.0 Å². The van der Waals surface area contributed by atoms with E-state index < -0.39 is 5.97 Å². The van der Waals surface area contributed by atoms with Gasteiger partial charge >= 0.3 is 12.0 Å². The quantitative estimate of drug-likeness (QED) is 0.781. The van der Waals surface area contributed by atoms with Crippen LogP contribution in [0.4, 0.5) is 4.79 Å². The van der Waals surface area contributed by atoms with E-state index in [2.05, 4.69) is 24.2 Å². The molecular weight excluding hydrogens is 270 g/mol. The summed E-state index contributed by atoms with van der Waals surface area (Å²) in [5, 5.41) is 11.9. The number of rotatable bonds is 6. The lowest BCUT2D eigenvalue weighted by molar-refractivity contribution is -0.141. The van der Waals surface area contributed by atoms with Gasteiger partial charge < -0.3 is 20.2 Å². The first-order valence-electron chi connectivity index (χ1n) is 7.79. The van der Waals surface area contributed by atoms with Crippen LogP contribution < -0.4 is 5.32 Å². The Morgan fingerprint density at radius 3 is 2.52 bits per heavy atom. The van der Waals surface area contributed by atoms with Crippen molar-refractivity contribution in [2.75, 3.05) is 26.7 Å². The standard InChI is InChI=1S/C15H29N3O3/c1-11(14(19)20)6-5-7-12(2)16-15(21)18-9-8-17(4)10-13(18)3/h11-13H,5-10H2,1-4H3,(H,16,21)(H,19,20). The van der Waals surface area contributed by atoms with Crippen molar-refractivity contribution in [1.29, 1.82) is 0 Å². The summed E-state index contributed by atoms with van der Waals surface area (Å²) in [6, 6.07) is 0.294. The molecule has 1 aliphatic rings. The van der Waals surface area contributed by atoms with Gasteiger partial charge in [-0.15, -0.1) is 0 Å². The number of hydrogen-bond donors (Lipinski definition) is 2. The van der Waals surface area contributed by atoms with Crippen molar-refractivity contribution in [3.05, 3.63) is 0 Å². The Balaban J connectivity index is 2.29. The molecule has 1 aliphatic heterocycles. The SMILES string of the molecule is CC(CCCC(C)C(=O)O)NC(=O)N1CCN(C)CC1C. The van der Waals surface area contributed by atoms with E-state index in [4.69, 9.17) is 5.11 Å². The van der Waals surface area contributed by atoms with Crippen LogP contribution in [-0.4, -0.2) is 65.7 Å². The maximum atomic E-state index is 12.2. The highest BCUT2D eigenvalue weighted by Gasteiger charge is 2.26. The number of nitrogens with one attached hydrogen (secondary N) is 1. The van der Waals surface area contributed by atoms with Crippen molar-refractivity contribution in [3.63, 3.8) is 0 Å². The molecule has 21 heavy (non-hydrogen) atoms. The van der Waals surface area contributed by atoms with E-state index in [1.165, 1.54) is 0 Å². The maximum absolute atomic E-state index is 12.2. The molecule has 0 aliphatic carbocycles. The van der Waals surface area contributed by atoms with E-state index in [0.29, 0.717) is 6.42 Å². The number of likely N-dealkylation sites (N-methyl/N-ethyl adjacent to an activating group) is 1. The Bertz CT molecular complexity index is 362. The molecule has 6 heteroatoms. The zero-order chi connectivity index (χ0) is 16.0. The maximum Gasteiger partial charge on any atom is 0.317 e. The van der Waals surface area contributed by atoms with Crippen LogP contribution in [0.25, 0.3) is 0 Å². The minimum absolute atomic E-state index is 0.00520. The van der Waals surface area contributed by atoms with Gasteiger partial charge in [0.25, 0.3) is 0 Å². The van der Waals surface area contributed by atoms with Crippen LogP contribution in [0.3, 0.4) is 0 Å². The van der Waals surface area contributed by atoms with E-state index in [1.54, 1.807) is 6.92 Å². The van der Waals surface area contributed by atoms with Crippen LogP contribution in [0, 0.1) is 5.92 Å². The van der Waals surface area contributed by atoms with Gasteiger partial charge in [0.2, 0.25) is 0 Å². The van der Waals surface area contributed by atoms with Crippen LogP contribution in [0.1, 0.15) is 40.0 Å². The summed E-state index contributed by atoms with van der Waals surface area (Å²) in [5.74, 6) is -1.07. The normalized spacial score (nSPS) is 22.7. The number of carbonyl (C=O) groups excluding carboxylic acids is 1. The lowest BCUT2D eigenvalue weighted by atomic mass is 10.0. The lowest BCUT2D eigenvalue weighted by Crippen LogP contribution is -2.56. The molecule has 2 N–H and O–H groups in total. The van der Waals surface area contributed by atoms with Gasteiger partial charge in [-0.1, -0.05) is 13.3 Å². The highest BCUT2D eigenvalue weighted by atomic mass is 16.4. The van der Waals surface area contributed by atoms with Gasteiger partial charge in [-0.05, 0) is 33.7 Å². The van der Waals surface area contributed by atoms with E-state index in [1.807, 2.05) is 11.8 Å². The predicted octanol–water partition coefficient (Wildman–Crippen LogP) is 1.61. The minimum atomic E-state index is -0.752. The minimum Gasteiger partial charge on any atom is -0.481 e. The van der Waals surface area contributed by atoms with Crippen molar-refractivity contribution in [2.24, 2.45) is 5.92 Å². The Morgan fingerprint density at radius 1 is 1.29 bits per heavy atom. The van der Waals surface area contributed by atoms with Gasteiger partial charge in [-0.3, -0.25) is 4.79 Å². The van der Waals surface area contributed by atoms with Crippen molar-refractivity contribution in [2.45, 2.75) is 52.1 Å². The Kier molecular flexibility index (Phi) is 6.95. The highest BCUT2D eigenvalue weighted by molar-refractivity contribution is 5.75. The fourth-order valence-electron chi connectivity index (χ4n) is 2.66. The summed E-state index contributed by atoms with van der Waals surface area (Å²) < 4.78 is 0. The van der Waals surface area contributed by atoms with Crippen molar-refractivity contribution < 1.29 is 14.7 Å². The smallest absolute Gasteiger partial charge is 0.317 e. The van der Waals surface area contributed by atoms with Gasteiger partial charge in [0.05, 0.1) is 5.92 Å². The lowest BCUT2D eigenvalue weighted by Gasteiger charge is -2.38. The molecule has 3 unspecified atom stereocenters. The first kappa shape index (κ1) is 17.8. The van der Waals surface area contributed by atoms with Gasteiger partial charge in [-0.25, -0.2) is 4.79 Å². The third kappa shape index (κ3) is 5.91. The Hall–Kier alpha value is -1.30. The Labute approximate surface area is 127 Å².